The molecule has 6 aromatic carbocycles. The summed E-state index contributed by atoms with van der Waals surface area (Å²) in [6.07, 6.45) is 0. The highest BCUT2D eigenvalue weighted by molar-refractivity contribution is 7.85. The quantitative estimate of drug-likeness (QED) is 0.198. The van der Waals surface area contributed by atoms with Crippen LogP contribution in [0.1, 0.15) is 25.0 Å². The molecule has 42 heavy (non-hydrogen) atoms. The van der Waals surface area contributed by atoms with E-state index in [0.717, 1.165) is 27.0 Å². The van der Waals surface area contributed by atoms with Crippen molar-refractivity contribution in [1.82, 2.24) is 4.57 Å². The number of fused-ring (bicyclic) bond motifs is 5. The monoisotopic (exact) mass is 559 g/mol. The van der Waals surface area contributed by atoms with E-state index in [0.29, 0.717) is 0 Å². The minimum atomic E-state index is -3.07. The number of hydrogen-bond acceptors (Lipinski definition) is 1. The van der Waals surface area contributed by atoms with Crippen molar-refractivity contribution in [2.75, 3.05) is 0 Å². The Morgan fingerprint density at radius 2 is 1.12 bits per heavy atom. The smallest absolute Gasteiger partial charge is 0.171 e. The van der Waals surface area contributed by atoms with Gasteiger partial charge < -0.3 is 9.13 Å². The van der Waals surface area contributed by atoms with Gasteiger partial charge in [0.05, 0.1) is 16.7 Å². The van der Waals surface area contributed by atoms with Crippen LogP contribution in [0.25, 0.3) is 38.6 Å². The average Bonchev–Trinajstić information content (AvgIpc) is 3.39. The van der Waals surface area contributed by atoms with Gasteiger partial charge in [-0.2, -0.15) is 0 Å². The van der Waals surface area contributed by atoms with Crippen LogP contribution in [0.15, 0.2) is 146 Å². The normalized spacial score (nSPS) is 13.8. The molecule has 3 heteroatoms. The summed E-state index contributed by atoms with van der Waals surface area (Å²) in [5, 5.41) is 5.13. The first-order valence-electron chi connectivity index (χ1n) is 14.5. The molecule has 0 amide bonds. The van der Waals surface area contributed by atoms with Gasteiger partial charge in [0, 0.05) is 32.1 Å². The second-order valence-corrected chi connectivity index (χ2v) is 14.5. The number of rotatable bonds is 4. The van der Waals surface area contributed by atoms with Gasteiger partial charge in [0.1, 0.15) is 0 Å². The number of nitrogens with zero attached hydrogens (tertiary/aromatic N) is 1. The predicted molar refractivity (Wildman–Crippen MR) is 178 cm³/mol. The van der Waals surface area contributed by atoms with E-state index in [1.54, 1.807) is 0 Å². The van der Waals surface area contributed by atoms with Crippen LogP contribution in [0, 0.1) is 0 Å². The zero-order chi connectivity index (χ0) is 28.5. The van der Waals surface area contributed by atoms with Gasteiger partial charge in [0.25, 0.3) is 0 Å². The number of para-hydroxylation sites is 2. The summed E-state index contributed by atoms with van der Waals surface area (Å²) < 4.78 is 17.5. The molecule has 1 aliphatic heterocycles. The van der Waals surface area contributed by atoms with Crippen LogP contribution in [0.5, 0.6) is 0 Å². The molecule has 0 atom stereocenters. The lowest BCUT2D eigenvalue weighted by Gasteiger charge is -2.35. The zero-order valence-electron chi connectivity index (χ0n) is 23.7. The molecule has 0 spiro atoms. The van der Waals surface area contributed by atoms with Crippen LogP contribution >= 0.6 is 7.14 Å². The summed E-state index contributed by atoms with van der Waals surface area (Å²) in [5.74, 6) is 0. The van der Waals surface area contributed by atoms with E-state index in [1.165, 1.54) is 38.6 Å². The van der Waals surface area contributed by atoms with Gasteiger partial charge in [0.2, 0.25) is 0 Å². The highest BCUT2D eigenvalue weighted by Crippen LogP contribution is 2.48. The average molecular weight is 560 g/mol. The lowest BCUT2D eigenvalue weighted by molar-refractivity contribution is 0.592. The van der Waals surface area contributed by atoms with Crippen molar-refractivity contribution >= 4 is 44.9 Å². The largest absolute Gasteiger partial charge is 0.309 e. The summed E-state index contributed by atoms with van der Waals surface area (Å²) >= 11 is 0. The van der Waals surface area contributed by atoms with Crippen LogP contribution < -0.4 is 15.9 Å². The Balaban J connectivity index is 1.33. The maximum Gasteiger partial charge on any atom is 0.171 e. The highest BCUT2D eigenvalue weighted by Gasteiger charge is 2.35. The molecule has 0 bridgehead atoms. The van der Waals surface area contributed by atoms with Crippen molar-refractivity contribution < 1.29 is 4.57 Å². The molecule has 1 aliphatic rings. The van der Waals surface area contributed by atoms with Gasteiger partial charge >= 0.3 is 0 Å². The molecule has 0 radical (unpaired) electrons. The molecule has 0 fully saturated rings. The van der Waals surface area contributed by atoms with Gasteiger partial charge in [-0.3, -0.25) is 0 Å². The third-order valence-corrected chi connectivity index (χ3v) is 12.1. The molecular formula is C39H30NOP. The van der Waals surface area contributed by atoms with Crippen LogP contribution in [0.4, 0.5) is 0 Å². The predicted octanol–water partition coefficient (Wildman–Crippen LogP) is 8.73. The van der Waals surface area contributed by atoms with E-state index in [4.69, 9.17) is 0 Å². The van der Waals surface area contributed by atoms with Gasteiger partial charge in [-0.15, -0.1) is 0 Å². The SMILES string of the molecule is CC1(C)c2cc(-c3cccc(P(=O)(c4ccccc4)c4ccccc4)c3)ccc2-n2c3ccccc3c3cccc1c32. The van der Waals surface area contributed by atoms with E-state index in [1.807, 2.05) is 72.8 Å². The Kier molecular flexibility index (Phi) is 5.48. The maximum absolute atomic E-state index is 15.1. The third kappa shape index (κ3) is 3.49. The first-order valence-corrected chi connectivity index (χ1v) is 16.2. The molecule has 1 aromatic heterocycles. The van der Waals surface area contributed by atoms with Gasteiger partial charge in [-0.05, 0) is 46.5 Å². The van der Waals surface area contributed by atoms with Gasteiger partial charge in [-0.25, -0.2) is 0 Å². The zero-order valence-corrected chi connectivity index (χ0v) is 24.6. The molecule has 0 saturated carbocycles. The van der Waals surface area contributed by atoms with E-state index in [-0.39, 0.29) is 5.41 Å². The standard InChI is InChI=1S/C39H30NOP/c1-39(2)34-21-12-20-33-32-19-9-10-22-36(32)40(38(33)34)37-24-23-28(26-35(37)39)27-13-11-18-31(25-27)42(41,29-14-5-3-6-15-29)30-16-7-4-8-17-30/h3-26H,1-2H3. The number of benzene rings is 6. The summed E-state index contributed by atoms with van der Waals surface area (Å²) in [7, 11) is -3.07. The minimum Gasteiger partial charge on any atom is -0.309 e. The number of aromatic nitrogens is 1. The highest BCUT2D eigenvalue weighted by atomic mass is 31.2. The van der Waals surface area contributed by atoms with Crippen LogP contribution in [0.2, 0.25) is 0 Å². The molecule has 2 nitrogen and oxygen atoms in total. The van der Waals surface area contributed by atoms with E-state index in [2.05, 4.69) is 91.2 Å². The minimum absolute atomic E-state index is 0.184. The van der Waals surface area contributed by atoms with E-state index < -0.39 is 7.14 Å². The molecule has 0 saturated heterocycles. The Bertz CT molecular complexity index is 2150. The lowest BCUT2D eigenvalue weighted by atomic mass is 9.74. The molecule has 7 aromatic rings. The second-order valence-electron chi connectivity index (χ2n) is 11.7. The summed E-state index contributed by atoms with van der Waals surface area (Å²) in [4.78, 5) is 0. The Labute approximate surface area is 246 Å². The summed E-state index contributed by atoms with van der Waals surface area (Å²) in [6, 6.07) is 50.4. The van der Waals surface area contributed by atoms with Crippen molar-refractivity contribution in [3.63, 3.8) is 0 Å². The Morgan fingerprint density at radius 1 is 0.524 bits per heavy atom. The van der Waals surface area contributed by atoms with E-state index in [9.17, 15) is 0 Å². The molecule has 0 aliphatic carbocycles. The van der Waals surface area contributed by atoms with Gasteiger partial charge in [-0.1, -0.05) is 135 Å². The Hall–Kier alpha value is -4.65. The first-order chi connectivity index (χ1) is 20.5. The molecule has 0 unspecified atom stereocenters. The van der Waals surface area contributed by atoms with Crippen molar-refractivity contribution in [1.29, 1.82) is 0 Å². The summed E-state index contributed by atoms with van der Waals surface area (Å²) in [5.41, 5.74) is 8.41. The fraction of sp³-hybridized carbons (Fsp3) is 0.0769. The van der Waals surface area contributed by atoms with Crippen molar-refractivity contribution in [2.45, 2.75) is 19.3 Å². The second kappa shape index (κ2) is 9.18. The van der Waals surface area contributed by atoms with Crippen molar-refractivity contribution in [3.05, 3.63) is 157 Å². The van der Waals surface area contributed by atoms with Crippen LogP contribution in [-0.2, 0) is 9.98 Å². The van der Waals surface area contributed by atoms with Gasteiger partial charge in [0.15, 0.2) is 7.14 Å². The summed E-state index contributed by atoms with van der Waals surface area (Å²) in [6.45, 7) is 4.67. The third-order valence-electron chi connectivity index (χ3n) is 9.06. The molecule has 8 rings (SSSR count). The topological polar surface area (TPSA) is 22.0 Å². The van der Waals surface area contributed by atoms with Crippen molar-refractivity contribution in [2.24, 2.45) is 0 Å². The molecular weight excluding hydrogens is 529 g/mol. The first kappa shape index (κ1) is 25.1. The lowest BCUT2D eigenvalue weighted by Crippen LogP contribution is -2.26. The van der Waals surface area contributed by atoms with Crippen LogP contribution in [-0.4, -0.2) is 4.57 Å². The fourth-order valence-corrected chi connectivity index (χ4v) is 9.63. The van der Waals surface area contributed by atoms with E-state index >= 15 is 4.57 Å². The Morgan fingerprint density at radius 3 is 1.86 bits per heavy atom. The van der Waals surface area contributed by atoms with Crippen LogP contribution in [0.3, 0.4) is 0 Å². The molecule has 0 N–H and O–H groups in total. The number of hydrogen-bond donors (Lipinski definition) is 0. The van der Waals surface area contributed by atoms with Crippen molar-refractivity contribution in [3.8, 4) is 16.8 Å². The fourth-order valence-electron chi connectivity index (χ4n) is 6.93. The maximum atomic E-state index is 15.1. The molecule has 2 heterocycles. The molecule has 202 valence electrons.